The molecule has 1 atom stereocenters. The van der Waals surface area contributed by atoms with Gasteiger partial charge in [0.2, 0.25) is 6.41 Å². The van der Waals surface area contributed by atoms with Crippen LogP contribution in [0.25, 0.3) is 0 Å². The Kier molecular flexibility index (Phi) is 4.46. The normalized spacial score (nSPS) is 11.6. The smallest absolute Gasteiger partial charge is 0.326 e. The molecular formula is C13H15NO3. The van der Waals surface area contributed by atoms with E-state index in [2.05, 4.69) is 6.58 Å². The molecule has 0 aliphatic heterocycles. The maximum absolute atomic E-state index is 11.0. The van der Waals surface area contributed by atoms with Crippen LogP contribution >= 0.6 is 0 Å². The number of amides is 1. The van der Waals surface area contributed by atoms with Crippen LogP contribution in [0.3, 0.4) is 0 Å². The van der Waals surface area contributed by atoms with Crippen LogP contribution in [0, 0.1) is 0 Å². The molecule has 0 heterocycles. The van der Waals surface area contributed by atoms with Gasteiger partial charge in [0.1, 0.15) is 6.04 Å². The highest BCUT2D eigenvalue weighted by molar-refractivity contribution is 5.88. The van der Waals surface area contributed by atoms with Crippen LogP contribution in [0.2, 0.25) is 0 Å². The monoisotopic (exact) mass is 233 g/mol. The molecule has 1 aromatic rings. The van der Waals surface area contributed by atoms with Gasteiger partial charge in [-0.3, -0.25) is 4.79 Å². The van der Waals surface area contributed by atoms with E-state index in [0.29, 0.717) is 18.5 Å². The molecule has 4 heteroatoms. The summed E-state index contributed by atoms with van der Waals surface area (Å²) in [7, 11) is 0. The first-order chi connectivity index (χ1) is 8.11. The number of carboxylic acids is 1. The molecule has 1 unspecified atom stereocenters. The van der Waals surface area contributed by atoms with Crippen LogP contribution in [-0.4, -0.2) is 23.5 Å². The molecule has 1 rings (SSSR count). The first-order valence-electron chi connectivity index (χ1n) is 5.27. The number of hydrogen-bond donors (Lipinski definition) is 1. The van der Waals surface area contributed by atoms with Gasteiger partial charge in [0.25, 0.3) is 0 Å². The highest BCUT2D eigenvalue weighted by Crippen LogP contribution is 2.22. The molecule has 1 N–H and O–H groups in total. The SMILES string of the molecule is C=CCc1ccccc1N(C=O)C(C)C(=O)O. The Morgan fingerprint density at radius 3 is 2.71 bits per heavy atom. The van der Waals surface area contributed by atoms with E-state index >= 15 is 0 Å². The third-order valence-corrected chi connectivity index (χ3v) is 2.52. The zero-order chi connectivity index (χ0) is 12.8. The van der Waals surface area contributed by atoms with Crippen molar-refractivity contribution >= 4 is 18.1 Å². The largest absolute Gasteiger partial charge is 0.480 e. The van der Waals surface area contributed by atoms with Gasteiger partial charge in [-0.05, 0) is 25.0 Å². The fraction of sp³-hybridized carbons (Fsp3) is 0.231. The zero-order valence-corrected chi connectivity index (χ0v) is 9.67. The van der Waals surface area contributed by atoms with Crippen LogP contribution in [0.15, 0.2) is 36.9 Å². The van der Waals surface area contributed by atoms with E-state index in [1.807, 2.05) is 12.1 Å². The number of hydrogen-bond acceptors (Lipinski definition) is 2. The molecule has 0 fully saturated rings. The molecule has 0 aliphatic rings. The summed E-state index contributed by atoms with van der Waals surface area (Å²) in [6.45, 7) is 5.11. The molecule has 0 aromatic heterocycles. The van der Waals surface area contributed by atoms with Crippen molar-refractivity contribution < 1.29 is 14.7 Å². The number of nitrogens with zero attached hydrogens (tertiary/aromatic N) is 1. The minimum atomic E-state index is -1.04. The minimum Gasteiger partial charge on any atom is -0.480 e. The second-order valence-corrected chi connectivity index (χ2v) is 3.65. The lowest BCUT2D eigenvalue weighted by Gasteiger charge is -2.24. The molecule has 1 amide bonds. The minimum absolute atomic E-state index is 0.542. The van der Waals surface area contributed by atoms with Crippen LogP contribution in [0.5, 0.6) is 0 Å². The van der Waals surface area contributed by atoms with Gasteiger partial charge in [0.15, 0.2) is 0 Å². The highest BCUT2D eigenvalue weighted by atomic mass is 16.4. The molecule has 0 bridgehead atoms. The number of carboxylic acid groups (broad SMARTS) is 1. The summed E-state index contributed by atoms with van der Waals surface area (Å²) in [5.74, 6) is -1.04. The van der Waals surface area contributed by atoms with Crippen LogP contribution in [-0.2, 0) is 16.0 Å². The first-order valence-corrected chi connectivity index (χ1v) is 5.27. The summed E-state index contributed by atoms with van der Waals surface area (Å²) < 4.78 is 0. The van der Waals surface area contributed by atoms with Crippen LogP contribution < -0.4 is 4.90 Å². The van der Waals surface area contributed by atoms with Crippen molar-refractivity contribution in [2.75, 3.05) is 4.90 Å². The predicted octanol–water partition coefficient (Wildman–Crippen LogP) is 1.85. The predicted molar refractivity (Wildman–Crippen MR) is 66.0 cm³/mol. The number of allylic oxidation sites excluding steroid dienone is 1. The molecule has 0 saturated heterocycles. The lowest BCUT2D eigenvalue weighted by Crippen LogP contribution is -2.38. The molecule has 1 aromatic carbocycles. The summed E-state index contributed by atoms with van der Waals surface area (Å²) in [6.07, 6.45) is 2.85. The molecule has 17 heavy (non-hydrogen) atoms. The van der Waals surface area contributed by atoms with E-state index in [1.54, 1.807) is 18.2 Å². The van der Waals surface area contributed by atoms with Gasteiger partial charge in [0.05, 0.1) is 0 Å². The van der Waals surface area contributed by atoms with Crippen molar-refractivity contribution in [1.29, 1.82) is 0 Å². The van der Waals surface area contributed by atoms with Gasteiger partial charge < -0.3 is 10.0 Å². The van der Waals surface area contributed by atoms with Gasteiger partial charge in [-0.1, -0.05) is 24.3 Å². The Morgan fingerprint density at radius 2 is 2.18 bits per heavy atom. The summed E-state index contributed by atoms with van der Waals surface area (Å²) in [6, 6.07) is 6.30. The van der Waals surface area contributed by atoms with Gasteiger partial charge in [0, 0.05) is 5.69 Å². The Balaban J connectivity index is 3.15. The zero-order valence-electron chi connectivity index (χ0n) is 9.67. The lowest BCUT2D eigenvalue weighted by molar-refractivity contribution is -0.138. The molecule has 0 saturated carbocycles. The van der Waals surface area contributed by atoms with Crippen molar-refractivity contribution in [1.82, 2.24) is 0 Å². The first kappa shape index (κ1) is 13.0. The van der Waals surface area contributed by atoms with Crippen molar-refractivity contribution in [3.63, 3.8) is 0 Å². The second kappa shape index (κ2) is 5.84. The number of carbonyl (C=O) groups is 2. The Labute approximate surface area is 100 Å². The number of carbonyl (C=O) groups excluding carboxylic acids is 1. The van der Waals surface area contributed by atoms with Gasteiger partial charge >= 0.3 is 5.97 Å². The standard InChI is InChI=1S/C13H15NO3/c1-3-6-11-7-4-5-8-12(11)14(9-15)10(2)13(16)17/h3-5,7-10H,1,6H2,2H3,(H,16,17). The van der Waals surface area contributed by atoms with E-state index in [1.165, 1.54) is 11.8 Å². The van der Waals surface area contributed by atoms with Gasteiger partial charge in [-0.15, -0.1) is 6.58 Å². The third-order valence-electron chi connectivity index (χ3n) is 2.52. The summed E-state index contributed by atoms with van der Waals surface area (Å²) >= 11 is 0. The van der Waals surface area contributed by atoms with E-state index in [0.717, 1.165) is 5.56 Å². The summed E-state index contributed by atoms with van der Waals surface area (Å²) in [5, 5.41) is 8.94. The lowest BCUT2D eigenvalue weighted by atomic mass is 10.1. The van der Waals surface area contributed by atoms with Crippen molar-refractivity contribution in [3.8, 4) is 0 Å². The highest BCUT2D eigenvalue weighted by Gasteiger charge is 2.21. The van der Waals surface area contributed by atoms with E-state index < -0.39 is 12.0 Å². The topological polar surface area (TPSA) is 57.6 Å². The van der Waals surface area contributed by atoms with Crippen molar-refractivity contribution in [3.05, 3.63) is 42.5 Å². The van der Waals surface area contributed by atoms with E-state index in [9.17, 15) is 9.59 Å². The molecule has 0 spiro atoms. The van der Waals surface area contributed by atoms with Crippen molar-refractivity contribution in [2.24, 2.45) is 0 Å². The number of rotatable bonds is 6. The maximum atomic E-state index is 11.0. The number of aliphatic carboxylic acids is 1. The number of benzene rings is 1. The summed E-state index contributed by atoms with van der Waals surface area (Å²) in [4.78, 5) is 23.2. The summed E-state index contributed by atoms with van der Waals surface area (Å²) in [5.41, 5.74) is 1.49. The molecule has 0 radical (unpaired) electrons. The maximum Gasteiger partial charge on any atom is 0.326 e. The Morgan fingerprint density at radius 1 is 1.53 bits per heavy atom. The quantitative estimate of drug-likeness (QED) is 0.602. The van der Waals surface area contributed by atoms with Gasteiger partial charge in [-0.25, -0.2) is 4.79 Å². The van der Waals surface area contributed by atoms with Gasteiger partial charge in [-0.2, -0.15) is 0 Å². The average molecular weight is 233 g/mol. The Bertz CT molecular complexity index is 428. The van der Waals surface area contributed by atoms with Crippen LogP contribution in [0.1, 0.15) is 12.5 Å². The Hall–Kier alpha value is -2.10. The average Bonchev–Trinajstić information content (AvgIpc) is 2.32. The molecule has 4 nitrogen and oxygen atoms in total. The molecular weight excluding hydrogens is 218 g/mol. The number of anilines is 1. The fourth-order valence-corrected chi connectivity index (χ4v) is 1.57. The van der Waals surface area contributed by atoms with Crippen LogP contribution in [0.4, 0.5) is 5.69 Å². The molecule has 0 aliphatic carbocycles. The van der Waals surface area contributed by atoms with E-state index in [-0.39, 0.29) is 0 Å². The fourth-order valence-electron chi connectivity index (χ4n) is 1.57. The number of para-hydroxylation sites is 1. The van der Waals surface area contributed by atoms with Crippen molar-refractivity contribution in [2.45, 2.75) is 19.4 Å². The third kappa shape index (κ3) is 2.93. The van der Waals surface area contributed by atoms with E-state index in [4.69, 9.17) is 5.11 Å². The molecule has 90 valence electrons. The second-order valence-electron chi connectivity index (χ2n) is 3.65.